The zero-order valence-electron chi connectivity index (χ0n) is 11.6. The van der Waals surface area contributed by atoms with Gasteiger partial charge in [-0.3, -0.25) is 9.59 Å². The van der Waals surface area contributed by atoms with Crippen LogP contribution in [-0.2, 0) is 16.0 Å². The molecule has 1 aromatic rings. The van der Waals surface area contributed by atoms with E-state index >= 15 is 0 Å². The van der Waals surface area contributed by atoms with Crippen molar-refractivity contribution in [3.63, 3.8) is 0 Å². The maximum Gasteiger partial charge on any atom is 0.238 e. The highest BCUT2D eigenvalue weighted by Gasteiger charge is 2.32. The summed E-state index contributed by atoms with van der Waals surface area (Å²) in [6.07, 6.45) is 0.497. The molecule has 1 fully saturated rings. The fourth-order valence-corrected chi connectivity index (χ4v) is 3.34. The van der Waals surface area contributed by atoms with E-state index in [1.165, 1.54) is 18.7 Å². The Balaban J connectivity index is 2.20. The minimum Gasteiger partial charge on any atom is -0.318 e. The van der Waals surface area contributed by atoms with E-state index in [9.17, 15) is 9.59 Å². The third-order valence-corrected chi connectivity index (χ3v) is 4.75. The van der Waals surface area contributed by atoms with Crippen molar-refractivity contribution in [1.82, 2.24) is 5.32 Å². The maximum absolute atomic E-state index is 12.0. The summed E-state index contributed by atoms with van der Waals surface area (Å²) < 4.78 is 0. The second-order valence-electron chi connectivity index (χ2n) is 4.76. The Morgan fingerprint density at radius 3 is 2.81 bits per heavy atom. The van der Waals surface area contributed by atoms with E-state index in [4.69, 9.17) is 16.9 Å². The van der Waals surface area contributed by atoms with Crippen LogP contribution in [0.1, 0.15) is 18.1 Å². The zero-order valence-corrected chi connectivity index (χ0v) is 13.1. The van der Waals surface area contributed by atoms with Crippen LogP contribution in [0.15, 0.2) is 28.8 Å². The smallest absolute Gasteiger partial charge is 0.238 e. The standard InChI is InChI=1S/C15H13ClN2O2S/c1-8-3-4-10(5-12(8)16)6-13-14(20)18-15(21-13)11(7-17)9(2)19/h3-5,13H,6H2,1-2H3,(H,18,20)/b15-11-/t13-/m1/s1. The van der Waals surface area contributed by atoms with E-state index in [2.05, 4.69) is 5.32 Å². The fraction of sp³-hybridized carbons (Fsp3) is 0.267. The molecule has 0 radical (unpaired) electrons. The summed E-state index contributed by atoms with van der Waals surface area (Å²) in [7, 11) is 0. The third-order valence-electron chi connectivity index (χ3n) is 3.14. The van der Waals surface area contributed by atoms with Crippen molar-refractivity contribution < 1.29 is 9.59 Å². The van der Waals surface area contributed by atoms with Gasteiger partial charge in [0.2, 0.25) is 5.91 Å². The SMILES string of the molecule is CC(=O)/C(C#N)=C1/NC(=O)[C@@H](Cc2ccc(C)c(Cl)c2)S1. The van der Waals surface area contributed by atoms with Crippen LogP contribution in [0, 0.1) is 18.3 Å². The van der Waals surface area contributed by atoms with Gasteiger partial charge in [0.1, 0.15) is 11.6 Å². The molecule has 1 N–H and O–H groups in total. The summed E-state index contributed by atoms with van der Waals surface area (Å²) in [5.74, 6) is -0.542. The van der Waals surface area contributed by atoms with Gasteiger partial charge in [0.05, 0.1) is 10.3 Å². The van der Waals surface area contributed by atoms with E-state index < -0.39 is 0 Å². The molecule has 1 amide bonds. The summed E-state index contributed by atoms with van der Waals surface area (Å²) in [4.78, 5) is 23.3. The number of Topliss-reactive ketones (excluding diaryl/α,β-unsaturated/α-hetero) is 1. The van der Waals surface area contributed by atoms with Crippen LogP contribution >= 0.6 is 23.4 Å². The lowest BCUT2D eigenvalue weighted by molar-refractivity contribution is -0.119. The summed E-state index contributed by atoms with van der Waals surface area (Å²) in [5, 5.41) is 12.2. The number of rotatable bonds is 3. The number of nitrogens with one attached hydrogen (secondary N) is 1. The van der Waals surface area contributed by atoms with Gasteiger partial charge in [-0.15, -0.1) is 0 Å². The molecule has 6 heteroatoms. The van der Waals surface area contributed by atoms with Gasteiger partial charge in [0, 0.05) is 5.02 Å². The molecule has 1 aliphatic heterocycles. The molecule has 0 aliphatic carbocycles. The molecule has 1 aromatic carbocycles. The number of ketones is 1. The van der Waals surface area contributed by atoms with Gasteiger partial charge in [-0.2, -0.15) is 5.26 Å². The Hall–Kier alpha value is -1.77. The minimum atomic E-state index is -0.360. The number of carbonyl (C=O) groups excluding carboxylic acids is 2. The van der Waals surface area contributed by atoms with Crippen molar-refractivity contribution in [3.05, 3.63) is 45.0 Å². The van der Waals surface area contributed by atoms with Crippen LogP contribution in [0.5, 0.6) is 0 Å². The number of allylic oxidation sites excluding steroid dienone is 1. The first kappa shape index (κ1) is 15.6. The Bertz CT molecular complexity index is 691. The van der Waals surface area contributed by atoms with Crippen molar-refractivity contribution in [1.29, 1.82) is 5.26 Å². The molecular formula is C15H13ClN2O2S. The number of hydrogen-bond donors (Lipinski definition) is 1. The number of benzene rings is 1. The Labute approximate surface area is 132 Å². The van der Waals surface area contributed by atoms with Crippen LogP contribution in [0.2, 0.25) is 5.02 Å². The average Bonchev–Trinajstić information content (AvgIpc) is 2.75. The molecular weight excluding hydrogens is 308 g/mol. The summed E-state index contributed by atoms with van der Waals surface area (Å²) >= 11 is 7.29. The average molecular weight is 321 g/mol. The molecule has 0 unspecified atom stereocenters. The fourth-order valence-electron chi connectivity index (χ4n) is 1.94. The van der Waals surface area contributed by atoms with Gasteiger partial charge >= 0.3 is 0 Å². The lowest BCUT2D eigenvalue weighted by Crippen LogP contribution is -2.24. The number of halogens is 1. The number of carbonyl (C=O) groups is 2. The number of thioether (sulfide) groups is 1. The quantitative estimate of drug-likeness (QED) is 0.686. The molecule has 1 aliphatic rings. The summed E-state index contributed by atoms with van der Waals surface area (Å²) in [6, 6.07) is 7.50. The van der Waals surface area contributed by atoms with Gasteiger partial charge in [0.25, 0.3) is 0 Å². The van der Waals surface area contributed by atoms with E-state index in [0.29, 0.717) is 16.5 Å². The number of aryl methyl sites for hydroxylation is 1. The van der Waals surface area contributed by atoms with Gasteiger partial charge in [-0.1, -0.05) is 35.5 Å². The number of amides is 1. The van der Waals surface area contributed by atoms with Crippen LogP contribution in [0.3, 0.4) is 0 Å². The van der Waals surface area contributed by atoms with Crippen LogP contribution in [-0.4, -0.2) is 16.9 Å². The topological polar surface area (TPSA) is 70.0 Å². The number of nitrogens with zero attached hydrogens (tertiary/aromatic N) is 1. The van der Waals surface area contributed by atoms with Gasteiger partial charge < -0.3 is 5.32 Å². The highest BCUT2D eigenvalue weighted by molar-refractivity contribution is 8.04. The van der Waals surface area contributed by atoms with Gasteiger partial charge in [-0.05, 0) is 37.5 Å². The lowest BCUT2D eigenvalue weighted by Gasteiger charge is -2.07. The number of hydrogen-bond acceptors (Lipinski definition) is 4. The second-order valence-corrected chi connectivity index (χ2v) is 6.38. The van der Waals surface area contributed by atoms with Gasteiger partial charge in [-0.25, -0.2) is 0 Å². The molecule has 0 bridgehead atoms. The van der Waals surface area contributed by atoms with Crippen molar-refractivity contribution in [2.75, 3.05) is 0 Å². The molecule has 1 heterocycles. The van der Waals surface area contributed by atoms with Crippen molar-refractivity contribution in [3.8, 4) is 6.07 Å². The predicted octanol–water partition coefficient (Wildman–Crippen LogP) is 2.75. The van der Waals surface area contributed by atoms with E-state index in [0.717, 1.165) is 11.1 Å². The van der Waals surface area contributed by atoms with E-state index in [-0.39, 0.29) is 22.5 Å². The highest BCUT2D eigenvalue weighted by atomic mass is 35.5. The zero-order chi connectivity index (χ0) is 15.6. The van der Waals surface area contributed by atoms with Crippen LogP contribution < -0.4 is 5.32 Å². The van der Waals surface area contributed by atoms with Gasteiger partial charge in [0.15, 0.2) is 5.78 Å². The normalized spacial score (nSPS) is 19.9. The summed E-state index contributed by atoms with van der Waals surface area (Å²) in [6.45, 7) is 3.22. The largest absolute Gasteiger partial charge is 0.318 e. The summed E-state index contributed by atoms with van der Waals surface area (Å²) in [5.41, 5.74) is 1.92. The number of nitriles is 1. The third kappa shape index (κ3) is 3.46. The van der Waals surface area contributed by atoms with E-state index in [1.807, 2.05) is 31.2 Å². The Morgan fingerprint density at radius 2 is 2.24 bits per heavy atom. The first-order chi connectivity index (χ1) is 9.92. The Kier molecular flexibility index (Phi) is 4.71. The van der Waals surface area contributed by atoms with Crippen molar-refractivity contribution in [2.24, 2.45) is 0 Å². The first-order valence-electron chi connectivity index (χ1n) is 6.30. The molecule has 2 rings (SSSR count). The molecule has 0 aromatic heterocycles. The molecule has 1 atom stereocenters. The highest BCUT2D eigenvalue weighted by Crippen LogP contribution is 2.32. The second kappa shape index (κ2) is 6.33. The van der Waals surface area contributed by atoms with Crippen LogP contribution in [0.4, 0.5) is 0 Å². The maximum atomic E-state index is 12.0. The molecule has 0 saturated carbocycles. The molecule has 1 saturated heterocycles. The predicted molar refractivity (Wildman–Crippen MR) is 82.7 cm³/mol. The van der Waals surface area contributed by atoms with Crippen molar-refractivity contribution in [2.45, 2.75) is 25.5 Å². The minimum absolute atomic E-state index is 0.00205. The molecule has 108 valence electrons. The molecule has 21 heavy (non-hydrogen) atoms. The van der Waals surface area contributed by atoms with Crippen molar-refractivity contribution >= 4 is 35.1 Å². The molecule has 0 spiro atoms. The van der Waals surface area contributed by atoms with E-state index in [1.54, 1.807) is 0 Å². The first-order valence-corrected chi connectivity index (χ1v) is 7.56. The monoisotopic (exact) mass is 320 g/mol. The van der Waals surface area contributed by atoms with Crippen LogP contribution in [0.25, 0.3) is 0 Å². The molecule has 4 nitrogen and oxygen atoms in total. The lowest BCUT2D eigenvalue weighted by atomic mass is 10.1. The Morgan fingerprint density at radius 1 is 1.52 bits per heavy atom.